The Bertz CT molecular complexity index is 757. The molecule has 8 heteroatoms. The minimum atomic E-state index is -0.0994. The number of hydrogen-bond acceptors (Lipinski definition) is 6. The summed E-state index contributed by atoms with van der Waals surface area (Å²) in [7, 11) is 0. The lowest BCUT2D eigenvalue weighted by atomic mass is 10.3. The molecule has 3 heterocycles. The average molecular weight is 311 g/mol. The highest BCUT2D eigenvalue weighted by Crippen LogP contribution is 2.23. The number of nitrogens with zero attached hydrogens (tertiary/aromatic N) is 3. The minimum absolute atomic E-state index is 0.0994. The summed E-state index contributed by atoms with van der Waals surface area (Å²) in [5.41, 5.74) is 1.01. The Morgan fingerprint density at radius 3 is 2.90 bits per heavy atom. The van der Waals surface area contributed by atoms with E-state index < -0.39 is 0 Å². The zero-order chi connectivity index (χ0) is 14.1. The number of carbonyl (C=O) groups excluding carboxylic acids is 1. The molecular formula is C12H11ClN4O2S. The van der Waals surface area contributed by atoms with Gasteiger partial charge in [-0.1, -0.05) is 22.9 Å². The number of thiazole rings is 1. The Balaban J connectivity index is 2.17. The van der Waals surface area contributed by atoms with Crippen LogP contribution in [0.5, 0.6) is 0 Å². The first-order valence-corrected chi connectivity index (χ1v) is 7.29. The lowest BCUT2D eigenvalue weighted by Crippen LogP contribution is -2.51. The molecule has 0 radical (unpaired) electrons. The largest absolute Gasteiger partial charge is 0.328 e. The predicted octanol–water partition coefficient (Wildman–Crippen LogP) is 0.497. The monoisotopic (exact) mass is 310 g/mol. The topological polar surface area (TPSA) is 67.2 Å². The summed E-state index contributed by atoms with van der Waals surface area (Å²) < 4.78 is 1.62. The molecule has 1 N–H and O–H groups in total. The van der Waals surface area contributed by atoms with E-state index in [-0.39, 0.29) is 4.87 Å². The highest BCUT2D eigenvalue weighted by molar-refractivity contribution is 7.16. The van der Waals surface area contributed by atoms with Gasteiger partial charge in [-0.2, -0.15) is 0 Å². The van der Waals surface area contributed by atoms with Gasteiger partial charge in [-0.3, -0.25) is 4.79 Å². The van der Waals surface area contributed by atoms with Crippen molar-refractivity contribution in [1.29, 1.82) is 0 Å². The number of halogens is 1. The van der Waals surface area contributed by atoms with Crippen LogP contribution < -0.4 is 15.2 Å². The number of aromatic nitrogens is 2. The number of fused-ring (bicyclic) bond motifs is 1. The number of nitrogens with one attached hydrogen (secondary N) is 1. The van der Waals surface area contributed by atoms with Crippen LogP contribution in [0.1, 0.15) is 5.69 Å². The van der Waals surface area contributed by atoms with E-state index in [2.05, 4.69) is 10.3 Å². The Morgan fingerprint density at radius 2 is 2.20 bits per heavy atom. The van der Waals surface area contributed by atoms with Crippen LogP contribution in [0.4, 0.5) is 0 Å². The van der Waals surface area contributed by atoms with Gasteiger partial charge in [-0.25, -0.2) is 14.5 Å². The molecule has 0 spiro atoms. The van der Waals surface area contributed by atoms with Gasteiger partial charge < -0.3 is 10.3 Å². The van der Waals surface area contributed by atoms with Gasteiger partial charge in [0, 0.05) is 32.3 Å². The maximum atomic E-state index is 12.2. The predicted molar refractivity (Wildman–Crippen MR) is 79.9 cm³/mol. The van der Waals surface area contributed by atoms with E-state index in [1.807, 2.05) is 5.01 Å². The van der Waals surface area contributed by atoms with E-state index in [1.165, 1.54) is 6.08 Å². The van der Waals surface area contributed by atoms with Crippen LogP contribution in [0.15, 0.2) is 10.9 Å². The van der Waals surface area contributed by atoms with Crippen molar-refractivity contribution in [2.24, 2.45) is 0 Å². The van der Waals surface area contributed by atoms with E-state index in [0.29, 0.717) is 21.1 Å². The Hall–Kier alpha value is -1.66. The molecule has 1 aliphatic heterocycles. The van der Waals surface area contributed by atoms with Crippen molar-refractivity contribution in [1.82, 2.24) is 15.0 Å². The molecule has 6 nitrogen and oxygen atoms in total. The second-order valence-corrected chi connectivity index (χ2v) is 5.67. The first-order chi connectivity index (χ1) is 9.70. The summed E-state index contributed by atoms with van der Waals surface area (Å²) in [5, 5.41) is 5.55. The van der Waals surface area contributed by atoms with E-state index >= 15 is 0 Å². The second-order valence-electron chi connectivity index (χ2n) is 4.33. The highest BCUT2D eigenvalue weighted by atomic mass is 35.5. The molecule has 0 amide bonds. The van der Waals surface area contributed by atoms with Crippen LogP contribution >= 0.6 is 22.9 Å². The molecule has 3 rings (SSSR count). The third kappa shape index (κ3) is 2.25. The molecule has 0 atom stereocenters. The van der Waals surface area contributed by atoms with Crippen LogP contribution in [0.25, 0.3) is 16.4 Å². The summed E-state index contributed by atoms with van der Waals surface area (Å²) in [4.78, 5) is 27.3. The molecule has 104 valence electrons. The Labute approximate surface area is 123 Å². The van der Waals surface area contributed by atoms with Crippen molar-refractivity contribution in [2.75, 3.05) is 31.2 Å². The fourth-order valence-corrected chi connectivity index (χ4v) is 3.26. The number of piperazine rings is 1. The number of rotatable bonds is 2. The van der Waals surface area contributed by atoms with Gasteiger partial charge in [0.05, 0.1) is 10.7 Å². The SMILES string of the molecule is O=C=Cc1nc2sc(=O)n(N3CCNCC3)c2cc1Cl. The normalized spacial score (nSPS) is 15.3. The van der Waals surface area contributed by atoms with E-state index in [4.69, 9.17) is 11.6 Å². The maximum Gasteiger partial charge on any atom is 0.328 e. The van der Waals surface area contributed by atoms with Crippen molar-refractivity contribution in [2.45, 2.75) is 0 Å². The van der Waals surface area contributed by atoms with E-state index in [1.54, 1.807) is 16.7 Å². The second kappa shape index (κ2) is 5.38. The third-order valence-corrected chi connectivity index (χ3v) is 4.25. The molecule has 0 aliphatic carbocycles. The number of hydrogen-bond donors (Lipinski definition) is 1. The zero-order valence-electron chi connectivity index (χ0n) is 10.4. The van der Waals surface area contributed by atoms with E-state index in [0.717, 1.165) is 37.5 Å². The lowest BCUT2D eigenvalue weighted by Gasteiger charge is -2.29. The van der Waals surface area contributed by atoms with Gasteiger partial charge >= 0.3 is 4.87 Å². The zero-order valence-corrected chi connectivity index (χ0v) is 12.0. The van der Waals surface area contributed by atoms with Crippen LogP contribution in [0.3, 0.4) is 0 Å². The Kier molecular flexibility index (Phi) is 3.58. The van der Waals surface area contributed by atoms with Crippen molar-refractivity contribution in [3.8, 4) is 0 Å². The fraction of sp³-hybridized carbons (Fsp3) is 0.333. The van der Waals surface area contributed by atoms with Gasteiger partial charge in [-0.05, 0) is 6.07 Å². The summed E-state index contributed by atoms with van der Waals surface area (Å²) >= 11 is 7.13. The van der Waals surface area contributed by atoms with Gasteiger partial charge in [0.2, 0.25) is 0 Å². The molecule has 0 aromatic carbocycles. The molecule has 1 aliphatic rings. The molecule has 0 bridgehead atoms. The van der Waals surface area contributed by atoms with Crippen LogP contribution in [-0.4, -0.2) is 41.8 Å². The molecule has 1 fully saturated rings. The van der Waals surface area contributed by atoms with Crippen LogP contribution in [0, 0.1) is 0 Å². The molecule has 0 saturated carbocycles. The standard InChI is InChI=1S/C12H11ClN4O2S/c13-8-7-10-11(15-9(8)1-6-18)20-12(19)17(10)16-4-2-14-3-5-16/h1,7,14H,2-5H2. The van der Waals surface area contributed by atoms with Crippen molar-refractivity contribution in [3.05, 3.63) is 26.5 Å². The van der Waals surface area contributed by atoms with Gasteiger partial charge in [0.1, 0.15) is 16.3 Å². The van der Waals surface area contributed by atoms with Gasteiger partial charge in [-0.15, -0.1) is 0 Å². The van der Waals surface area contributed by atoms with Crippen LogP contribution in [0.2, 0.25) is 5.02 Å². The molecule has 0 unspecified atom stereocenters. The summed E-state index contributed by atoms with van der Waals surface area (Å²) in [6.45, 7) is 3.16. The quantitative estimate of drug-likeness (QED) is 0.818. The van der Waals surface area contributed by atoms with Gasteiger partial charge in [0.25, 0.3) is 0 Å². The smallest absolute Gasteiger partial charge is 0.313 e. The maximum absolute atomic E-state index is 12.2. The average Bonchev–Trinajstić information content (AvgIpc) is 2.76. The highest BCUT2D eigenvalue weighted by Gasteiger charge is 2.18. The summed E-state index contributed by atoms with van der Waals surface area (Å²) in [6, 6.07) is 1.67. The third-order valence-electron chi connectivity index (χ3n) is 3.11. The van der Waals surface area contributed by atoms with Crippen molar-refractivity contribution in [3.63, 3.8) is 0 Å². The molecule has 1 saturated heterocycles. The number of pyridine rings is 1. The van der Waals surface area contributed by atoms with Crippen molar-refractivity contribution >= 4 is 45.3 Å². The first kappa shape index (κ1) is 13.3. The van der Waals surface area contributed by atoms with Gasteiger partial charge in [0.15, 0.2) is 0 Å². The Morgan fingerprint density at radius 1 is 1.45 bits per heavy atom. The minimum Gasteiger partial charge on any atom is -0.313 e. The molecule has 2 aromatic rings. The fourth-order valence-electron chi connectivity index (χ4n) is 2.20. The molecule has 2 aromatic heterocycles. The first-order valence-electron chi connectivity index (χ1n) is 6.09. The lowest BCUT2D eigenvalue weighted by molar-refractivity contribution is 0.495. The van der Waals surface area contributed by atoms with E-state index in [9.17, 15) is 9.59 Å². The van der Waals surface area contributed by atoms with Crippen molar-refractivity contribution < 1.29 is 4.79 Å². The summed E-state index contributed by atoms with van der Waals surface area (Å²) in [6.07, 6.45) is 1.17. The molecular weight excluding hydrogens is 300 g/mol. The van der Waals surface area contributed by atoms with Crippen LogP contribution in [-0.2, 0) is 4.79 Å². The summed E-state index contributed by atoms with van der Waals surface area (Å²) in [5.74, 6) is 1.65. The molecule has 20 heavy (non-hydrogen) atoms.